The van der Waals surface area contributed by atoms with Crippen LogP contribution in [0.4, 0.5) is 0 Å². The number of ether oxygens (including phenoxy) is 2. The van der Waals surface area contributed by atoms with Gasteiger partial charge in [-0.15, -0.1) is 0 Å². The molecule has 0 unspecified atom stereocenters. The van der Waals surface area contributed by atoms with Crippen LogP contribution in [-0.2, 0) is 20.9 Å². The number of benzene rings is 1. The van der Waals surface area contributed by atoms with Gasteiger partial charge in [0.2, 0.25) is 0 Å². The third kappa shape index (κ3) is 6.06. The molecule has 1 aromatic rings. The highest BCUT2D eigenvalue weighted by atomic mass is 16.5. The van der Waals surface area contributed by atoms with Crippen molar-refractivity contribution >= 4 is 5.97 Å². The van der Waals surface area contributed by atoms with Gasteiger partial charge in [-0.05, 0) is 12.5 Å². The summed E-state index contributed by atoms with van der Waals surface area (Å²) in [4.78, 5) is 11.5. The normalized spacial score (nSPS) is 11.1. The fourth-order valence-corrected chi connectivity index (χ4v) is 1.35. The zero-order valence-electron chi connectivity index (χ0n) is 10.8. The number of methoxy groups -OCH3 is 1. The molecule has 0 atom stereocenters. The van der Waals surface area contributed by atoms with E-state index >= 15 is 0 Å². The summed E-state index contributed by atoms with van der Waals surface area (Å²) >= 11 is 0. The lowest BCUT2D eigenvalue weighted by Gasteiger charge is -2.06. The van der Waals surface area contributed by atoms with Crippen molar-refractivity contribution < 1.29 is 14.3 Å². The summed E-state index contributed by atoms with van der Waals surface area (Å²) in [5.41, 5.74) is 1.74. The quantitative estimate of drug-likeness (QED) is 0.455. The molecule has 0 amide bonds. The van der Waals surface area contributed by atoms with Gasteiger partial charge in [-0.2, -0.15) is 0 Å². The van der Waals surface area contributed by atoms with Crippen LogP contribution in [0, 0.1) is 0 Å². The number of carbonyl (C=O) groups excluding carboxylic acids is 1. The van der Waals surface area contributed by atoms with Crippen LogP contribution in [0.5, 0.6) is 0 Å². The number of carbonyl (C=O) groups is 1. The smallest absolute Gasteiger partial charge is 0.332 e. The largest absolute Gasteiger partial charge is 0.458 e. The molecule has 0 aliphatic heterocycles. The van der Waals surface area contributed by atoms with Gasteiger partial charge in [0.15, 0.2) is 0 Å². The van der Waals surface area contributed by atoms with Crippen LogP contribution in [0.1, 0.15) is 12.5 Å². The van der Waals surface area contributed by atoms with E-state index in [2.05, 4.69) is 5.32 Å². The van der Waals surface area contributed by atoms with Crippen molar-refractivity contribution in [3.05, 3.63) is 47.7 Å². The van der Waals surface area contributed by atoms with Crippen LogP contribution in [-0.4, -0.2) is 26.2 Å². The van der Waals surface area contributed by atoms with Crippen molar-refractivity contribution in [3.8, 4) is 0 Å². The van der Waals surface area contributed by atoms with Gasteiger partial charge in [0.25, 0.3) is 0 Å². The highest BCUT2D eigenvalue weighted by Gasteiger charge is 2.00. The van der Waals surface area contributed by atoms with Crippen molar-refractivity contribution in [2.24, 2.45) is 0 Å². The van der Waals surface area contributed by atoms with Crippen LogP contribution in [0.3, 0.4) is 0 Å². The molecular formula is C14H19NO3. The zero-order chi connectivity index (χ0) is 13.2. The third-order valence-corrected chi connectivity index (χ3v) is 2.27. The van der Waals surface area contributed by atoms with E-state index < -0.39 is 0 Å². The van der Waals surface area contributed by atoms with Crippen molar-refractivity contribution in [1.29, 1.82) is 0 Å². The number of rotatable bonds is 7. The summed E-state index contributed by atoms with van der Waals surface area (Å²) < 4.78 is 10.0. The predicted octanol–water partition coefficient (Wildman–Crippen LogP) is 1.87. The van der Waals surface area contributed by atoms with E-state index in [1.165, 1.54) is 6.08 Å². The van der Waals surface area contributed by atoms with Crippen LogP contribution >= 0.6 is 0 Å². The maximum absolute atomic E-state index is 11.5. The van der Waals surface area contributed by atoms with Gasteiger partial charge >= 0.3 is 5.97 Å². The lowest BCUT2D eigenvalue weighted by atomic mass is 10.2. The minimum atomic E-state index is -0.346. The molecule has 4 nitrogen and oxygen atoms in total. The van der Waals surface area contributed by atoms with Crippen molar-refractivity contribution in [3.63, 3.8) is 0 Å². The van der Waals surface area contributed by atoms with Crippen molar-refractivity contribution in [2.45, 2.75) is 13.5 Å². The second-order valence-corrected chi connectivity index (χ2v) is 3.84. The number of hydrogen-bond acceptors (Lipinski definition) is 4. The summed E-state index contributed by atoms with van der Waals surface area (Å²) in [5, 5.41) is 3.05. The Morgan fingerprint density at radius 3 is 2.72 bits per heavy atom. The maximum Gasteiger partial charge on any atom is 0.332 e. The molecule has 0 heterocycles. The zero-order valence-corrected chi connectivity index (χ0v) is 10.8. The Morgan fingerprint density at radius 2 is 2.06 bits per heavy atom. The van der Waals surface area contributed by atoms with Gasteiger partial charge in [0.05, 0.1) is 6.61 Å². The molecule has 98 valence electrons. The van der Waals surface area contributed by atoms with Crippen LogP contribution in [0.15, 0.2) is 42.1 Å². The fourth-order valence-electron chi connectivity index (χ4n) is 1.35. The van der Waals surface area contributed by atoms with Gasteiger partial charge in [0, 0.05) is 25.4 Å². The Morgan fingerprint density at radius 1 is 1.33 bits per heavy atom. The molecule has 0 aromatic heterocycles. The monoisotopic (exact) mass is 249 g/mol. The molecule has 0 saturated carbocycles. The minimum absolute atomic E-state index is 0.293. The van der Waals surface area contributed by atoms with E-state index in [1.54, 1.807) is 7.11 Å². The molecule has 0 aliphatic rings. The Kier molecular flexibility index (Phi) is 6.58. The van der Waals surface area contributed by atoms with E-state index in [0.29, 0.717) is 19.8 Å². The number of esters is 1. The fraction of sp³-hybridized carbons (Fsp3) is 0.357. The first-order chi connectivity index (χ1) is 8.72. The second-order valence-electron chi connectivity index (χ2n) is 3.84. The van der Waals surface area contributed by atoms with Crippen molar-refractivity contribution in [2.75, 3.05) is 20.3 Å². The molecule has 0 aliphatic carbocycles. The molecule has 0 bridgehead atoms. The minimum Gasteiger partial charge on any atom is -0.458 e. The SMILES string of the molecule is COCCN/C(C)=C\C(=O)OCc1ccccc1. The van der Waals surface area contributed by atoms with E-state index in [1.807, 2.05) is 37.3 Å². The molecule has 0 fully saturated rings. The van der Waals surface area contributed by atoms with Crippen LogP contribution in [0.25, 0.3) is 0 Å². The molecule has 0 radical (unpaired) electrons. The Bertz CT molecular complexity index is 387. The average Bonchev–Trinajstić information content (AvgIpc) is 2.38. The number of hydrogen-bond donors (Lipinski definition) is 1. The standard InChI is InChI=1S/C14H19NO3/c1-12(15-8-9-17-2)10-14(16)18-11-13-6-4-3-5-7-13/h3-7,10,15H,8-9,11H2,1-2H3/b12-10-. The Labute approximate surface area is 108 Å². The van der Waals surface area contributed by atoms with Gasteiger partial charge in [-0.1, -0.05) is 30.3 Å². The number of nitrogens with one attached hydrogen (secondary N) is 1. The molecule has 18 heavy (non-hydrogen) atoms. The van der Waals surface area contributed by atoms with Crippen LogP contribution < -0.4 is 5.32 Å². The highest BCUT2D eigenvalue weighted by Crippen LogP contribution is 2.01. The van der Waals surface area contributed by atoms with Gasteiger partial charge in [-0.3, -0.25) is 0 Å². The molecule has 0 spiro atoms. The second kappa shape index (κ2) is 8.31. The van der Waals surface area contributed by atoms with Crippen molar-refractivity contribution in [1.82, 2.24) is 5.32 Å². The first-order valence-corrected chi connectivity index (χ1v) is 5.84. The first-order valence-electron chi connectivity index (χ1n) is 5.84. The maximum atomic E-state index is 11.5. The van der Waals surface area contributed by atoms with Gasteiger partial charge < -0.3 is 14.8 Å². The molecule has 1 aromatic carbocycles. The lowest BCUT2D eigenvalue weighted by molar-refractivity contribution is -0.139. The van der Waals surface area contributed by atoms with Crippen LogP contribution in [0.2, 0.25) is 0 Å². The lowest BCUT2D eigenvalue weighted by Crippen LogP contribution is -2.18. The van der Waals surface area contributed by atoms with E-state index in [0.717, 1.165) is 11.3 Å². The summed E-state index contributed by atoms with van der Waals surface area (Å²) in [7, 11) is 1.63. The van der Waals surface area contributed by atoms with E-state index in [-0.39, 0.29) is 5.97 Å². The van der Waals surface area contributed by atoms with Gasteiger partial charge in [-0.25, -0.2) is 4.79 Å². The molecular weight excluding hydrogens is 230 g/mol. The van der Waals surface area contributed by atoms with E-state index in [9.17, 15) is 4.79 Å². The Hall–Kier alpha value is -1.81. The first kappa shape index (κ1) is 14.3. The molecule has 1 N–H and O–H groups in total. The Balaban J connectivity index is 2.30. The average molecular weight is 249 g/mol. The third-order valence-electron chi connectivity index (χ3n) is 2.27. The predicted molar refractivity (Wildman–Crippen MR) is 69.9 cm³/mol. The van der Waals surface area contributed by atoms with E-state index in [4.69, 9.17) is 9.47 Å². The molecule has 0 saturated heterocycles. The highest BCUT2D eigenvalue weighted by molar-refractivity contribution is 5.82. The number of allylic oxidation sites excluding steroid dienone is 1. The molecule has 4 heteroatoms. The summed E-state index contributed by atoms with van der Waals surface area (Å²) in [6.07, 6.45) is 1.44. The summed E-state index contributed by atoms with van der Waals surface area (Å²) in [6.45, 7) is 3.38. The van der Waals surface area contributed by atoms with Gasteiger partial charge in [0.1, 0.15) is 6.61 Å². The topological polar surface area (TPSA) is 47.6 Å². The summed E-state index contributed by atoms with van der Waals surface area (Å²) in [6, 6.07) is 9.59. The molecule has 1 rings (SSSR count). The summed E-state index contributed by atoms with van der Waals surface area (Å²) in [5.74, 6) is -0.346.